The number of carbonyl (C=O) groups excluding carboxylic acids is 1. The van der Waals surface area contributed by atoms with Crippen molar-refractivity contribution < 1.29 is 9.53 Å². The van der Waals surface area contributed by atoms with Gasteiger partial charge in [-0.05, 0) is 24.7 Å². The molecule has 1 aliphatic heterocycles. The Labute approximate surface area is 183 Å². The molecule has 7 heteroatoms. The first-order valence-corrected chi connectivity index (χ1v) is 10.9. The van der Waals surface area contributed by atoms with Gasteiger partial charge < -0.3 is 14.5 Å². The van der Waals surface area contributed by atoms with Crippen molar-refractivity contribution in [1.29, 1.82) is 0 Å². The summed E-state index contributed by atoms with van der Waals surface area (Å²) in [7, 11) is 1.65. The number of carbonyl (C=O) groups is 1. The summed E-state index contributed by atoms with van der Waals surface area (Å²) in [5.41, 5.74) is 3.59. The van der Waals surface area contributed by atoms with Gasteiger partial charge >= 0.3 is 0 Å². The number of likely N-dealkylation sites (N-methyl/N-ethyl adjacent to an activating group) is 1. The summed E-state index contributed by atoms with van der Waals surface area (Å²) in [6.07, 6.45) is 0. The van der Waals surface area contributed by atoms with Crippen LogP contribution in [0.4, 0.5) is 0 Å². The molecule has 0 spiro atoms. The van der Waals surface area contributed by atoms with Crippen LogP contribution in [0.15, 0.2) is 36.4 Å². The van der Waals surface area contributed by atoms with Crippen LogP contribution < -0.4 is 4.74 Å². The number of rotatable bonds is 4. The SMILES string of the molecule is CCN1CCN(C(=O)c2cc(-c3ccccc3OC)n3nc(C(C)(C)C)cc3n2)CC1. The largest absolute Gasteiger partial charge is 0.496 e. The summed E-state index contributed by atoms with van der Waals surface area (Å²) in [4.78, 5) is 22.3. The fraction of sp³-hybridized carbons (Fsp3) is 0.458. The second-order valence-electron chi connectivity index (χ2n) is 9.00. The molecule has 0 unspecified atom stereocenters. The van der Waals surface area contributed by atoms with E-state index in [0.717, 1.165) is 55.4 Å². The molecule has 1 aliphatic rings. The van der Waals surface area contributed by atoms with Gasteiger partial charge in [0.2, 0.25) is 0 Å². The van der Waals surface area contributed by atoms with Gasteiger partial charge in [0.15, 0.2) is 5.65 Å². The number of amides is 1. The van der Waals surface area contributed by atoms with Gasteiger partial charge in [-0.25, -0.2) is 9.50 Å². The van der Waals surface area contributed by atoms with Crippen molar-refractivity contribution in [1.82, 2.24) is 24.4 Å². The highest BCUT2D eigenvalue weighted by molar-refractivity contribution is 5.94. The zero-order chi connectivity index (χ0) is 22.2. The molecule has 1 amide bonds. The van der Waals surface area contributed by atoms with Crippen LogP contribution in [-0.2, 0) is 5.41 Å². The van der Waals surface area contributed by atoms with Crippen molar-refractivity contribution in [3.63, 3.8) is 0 Å². The van der Waals surface area contributed by atoms with E-state index in [2.05, 4.69) is 32.6 Å². The van der Waals surface area contributed by atoms with Gasteiger partial charge in [-0.2, -0.15) is 5.10 Å². The van der Waals surface area contributed by atoms with Crippen LogP contribution in [0.5, 0.6) is 5.75 Å². The van der Waals surface area contributed by atoms with E-state index in [1.807, 2.05) is 45.8 Å². The lowest BCUT2D eigenvalue weighted by Gasteiger charge is -2.33. The van der Waals surface area contributed by atoms with E-state index in [-0.39, 0.29) is 11.3 Å². The number of para-hydroxylation sites is 1. The van der Waals surface area contributed by atoms with E-state index >= 15 is 0 Å². The summed E-state index contributed by atoms with van der Waals surface area (Å²) in [5, 5.41) is 4.84. The summed E-state index contributed by atoms with van der Waals surface area (Å²) < 4.78 is 7.42. The zero-order valence-corrected chi connectivity index (χ0v) is 19.1. The van der Waals surface area contributed by atoms with Gasteiger partial charge in [0.1, 0.15) is 11.4 Å². The Balaban J connectivity index is 1.83. The fourth-order valence-corrected chi connectivity index (χ4v) is 3.93. The summed E-state index contributed by atoms with van der Waals surface area (Å²) in [6, 6.07) is 11.6. The van der Waals surface area contributed by atoms with Crippen LogP contribution >= 0.6 is 0 Å². The molecule has 7 nitrogen and oxygen atoms in total. The van der Waals surface area contributed by atoms with Crippen molar-refractivity contribution >= 4 is 11.6 Å². The molecule has 31 heavy (non-hydrogen) atoms. The molecule has 3 aromatic rings. The molecule has 0 N–H and O–H groups in total. The molecule has 0 bridgehead atoms. The number of hydrogen-bond donors (Lipinski definition) is 0. The number of ether oxygens (including phenoxy) is 1. The first-order chi connectivity index (χ1) is 14.8. The highest BCUT2D eigenvalue weighted by Gasteiger charge is 2.26. The normalized spacial score (nSPS) is 15.5. The van der Waals surface area contributed by atoms with Crippen molar-refractivity contribution in [3.05, 3.63) is 47.8 Å². The number of nitrogens with zero attached hydrogens (tertiary/aromatic N) is 5. The molecule has 4 rings (SSSR count). The average molecular weight is 422 g/mol. The van der Waals surface area contributed by atoms with Crippen LogP contribution in [0, 0.1) is 0 Å². The van der Waals surface area contributed by atoms with Crippen LogP contribution in [0.3, 0.4) is 0 Å². The maximum atomic E-state index is 13.4. The molecule has 1 aromatic carbocycles. The molecule has 1 fully saturated rings. The second-order valence-corrected chi connectivity index (χ2v) is 9.00. The zero-order valence-electron chi connectivity index (χ0n) is 19.1. The molecular weight excluding hydrogens is 390 g/mol. The maximum Gasteiger partial charge on any atom is 0.272 e. The van der Waals surface area contributed by atoms with Crippen molar-refractivity contribution in [2.75, 3.05) is 39.8 Å². The highest BCUT2D eigenvalue weighted by Crippen LogP contribution is 2.32. The molecule has 2 aromatic heterocycles. The molecule has 1 saturated heterocycles. The van der Waals surface area contributed by atoms with E-state index in [0.29, 0.717) is 11.3 Å². The van der Waals surface area contributed by atoms with Gasteiger partial charge in [-0.1, -0.05) is 39.8 Å². The van der Waals surface area contributed by atoms with Crippen molar-refractivity contribution in [2.45, 2.75) is 33.1 Å². The topological polar surface area (TPSA) is 63.0 Å². The third-order valence-corrected chi connectivity index (χ3v) is 5.90. The highest BCUT2D eigenvalue weighted by atomic mass is 16.5. The number of fused-ring (bicyclic) bond motifs is 1. The van der Waals surface area contributed by atoms with Crippen LogP contribution in [0.25, 0.3) is 16.9 Å². The summed E-state index contributed by atoms with van der Waals surface area (Å²) in [5.74, 6) is 0.700. The number of benzene rings is 1. The monoisotopic (exact) mass is 421 g/mol. The van der Waals surface area contributed by atoms with Gasteiger partial charge in [-0.3, -0.25) is 4.79 Å². The van der Waals surface area contributed by atoms with Crippen molar-refractivity contribution in [2.24, 2.45) is 0 Å². The molecule has 0 radical (unpaired) electrons. The van der Waals surface area contributed by atoms with E-state index in [4.69, 9.17) is 14.8 Å². The number of aromatic nitrogens is 3. The molecule has 3 heterocycles. The average Bonchev–Trinajstić information content (AvgIpc) is 3.23. The Morgan fingerprint density at radius 2 is 1.81 bits per heavy atom. The minimum atomic E-state index is -0.133. The van der Waals surface area contributed by atoms with Gasteiger partial charge in [0.05, 0.1) is 18.5 Å². The Morgan fingerprint density at radius 3 is 2.45 bits per heavy atom. The second kappa shape index (κ2) is 8.30. The van der Waals surface area contributed by atoms with E-state index in [1.54, 1.807) is 7.11 Å². The quantitative estimate of drug-likeness (QED) is 0.645. The fourth-order valence-electron chi connectivity index (χ4n) is 3.93. The van der Waals surface area contributed by atoms with E-state index in [1.165, 1.54) is 0 Å². The van der Waals surface area contributed by atoms with E-state index in [9.17, 15) is 4.79 Å². The minimum Gasteiger partial charge on any atom is -0.496 e. The molecular formula is C24H31N5O2. The lowest BCUT2D eigenvalue weighted by atomic mass is 9.93. The molecule has 164 valence electrons. The lowest BCUT2D eigenvalue weighted by molar-refractivity contribution is 0.0638. The van der Waals surface area contributed by atoms with Crippen LogP contribution in [0.1, 0.15) is 43.9 Å². The smallest absolute Gasteiger partial charge is 0.272 e. The molecule has 0 atom stereocenters. The first kappa shape index (κ1) is 21.3. The van der Waals surface area contributed by atoms with Gasteiger partial charge in [0, 0.05) is 43.2 Å². The molecule has 0 saturated carbocycles. The Bertz CT molecular complexity index is 1090. The number of hydrogen-bond acceptors (Lipinski definition) is 5. The van der Waals surface area contributed by atoms with Crippen LogP contribution in [0.2, 0.25) is 0 Å². The maximum absolute atomic E-state index is 13.4. The minimum absolute atomic E-state index is 0.0343. The Hall–Kier alpha value is -2.93. The third kappa shape index (κ3) is 4.14. The first-order valence-electron chi connectivity index (χ1n) is 10.9. The lowest BCUT2D eigenvalue weighted by Crippen LogP contribution is -2.48. The predicted octanol–water partition coefficient (Wildman–Crippen LogP) is 3.48. The third-order valence-electron chi connectivity index (χ3n) is 5.90. The standard InChI is InChI=1S/C24H31N5O2/c1-6-27-11-13-28(14-12-27)23(30)18-15-19(17-9-7-8-10-20(17)31-5)29-22(25-18)16-21(26-29)24(2,3)4/h7-10,15-16H,6,11-14H2,1-5H3. The van der Waals surface area contributed by atoms with Gasteiger partial charge in [0.25, 0.3) is 5.91 Å². The van der Waals surface area contributed by atoms with Crippen LogP contribution in [-0.4, -0.2) is 70.1 Å². The van der Waals surface area contributed by atoms with Crippen molar-refractivity contribution in [3.8, 4) is 17.0 Å². The van der Waals surface area contributed by atoms with E-state index < -0.39 is 0 Å². The Kier molecular flexibility index (Phi) is 5.71. The summed E-state index contributed by atoms with van der Waals surface area (Å²) in [6.45, 7) is 12.8. The number of methoxy groups -OCH3 is 1. The van der Waals surface area contributed by atoms with Gasteiger partial charge in [-0.15, -0.1) is 0 Å². The predicted molar refractivity (Wildman–Crippen MR) is 122 cm³/mol. The Morgan fingerprint density at radius 1 is 1.10 bits per heavy atom. The summed E-state index contributed by atoms with van der Waals surface area (Å²) >= 11 is 0. The number of piperazine rings is 1. The molecule has 0 aliphatic carbocycles.